The number of likely N-dealkylation sites (N-methyl/N-ethyl adjacent to an activating group) is 1. The summed E-state index contributed by atoms with van der Waals surface area (Å²) < 4.78 is 0. The fourth-order valence-corrected chi connectivity index (χ4v) is 6.12. The van der Waals surface area contributed by atoms with Crippen molar-refractivity contribution < 1.29 is 19.5 Å². The Balaban J connectivity index is 1.32. The summed E-state index contributed by atoms with van der Waals surface area (Å²) in [5, 5.41) is 17.3. The number of aromatic amines is 1. The lowest BCUT2D eigenvalue weighted by Gasteiger charge is -2.35. The summed E-state index contributed by atoms with van der Waals surface area (Å²) in [7, 11) is 2.04. The number of carboxylic acid groups (broad SMARTS) is 1. The summed E-state index contributed by atoms with van der Waals surface area (Å²) in [6.45, 7) is 1.68. The first kappa shape index (κ1) is 23.8. The van der Waals surface area contributed by atoms with E-state index >= 15 is 0 Å². The summed E-state index contributed by atoms with van der Waals surface area (Å²) >= 11 is 7.45. The summed E-state index contributed by atoms with van der Waals surface area (Å²) in [6, 6.07) is 6.07. The number of rotatable bonds is 5. The third-order valence-corrected chi connectivity index (χ3v) is 8.09. The number of hydrogen-bond acceptors (Lipinski definition) is 6. The van der Waals surface area contributed by atoms with Crippen molar-refractivity contribution in [3.8, 4) is 0 Å². The van der Waals surface area contributed by atoms with Gasteiger partial charge in [0, 0.05) is 46.4 Å². The van der Waals surface area contributed by atoms with Crippen molar-refractivity contribution >= 4 is 51.6 Å². The number of amides is 2. The minimum absolute atomic E-state index is 0.233. The van der Waals surface area contributed by atoms with Crippen LogP contribution in [0.4, 0.5) is 0 Å². The predicted molar refractivity (Wildman–Crippen MR) is 133 cm³/mol. The van der Waals surface area contributed by atoms with Gasteiger partial charge in [-0.05, 0) is 50.6 Å². The van der Waals surface area contributed by atoms with Crippen LogP contribution in [0.15, 0.2) is 24.3 Å². The van der Waals surface area contributed by atoms with Gasteiger partial charge in [-0.2, -0.15) is 0 Å². The van der Waals surface area contributed by atoms with Crippen LogP contribution in [-0.2, 0) is 17.8 Å². The third kappa shape index (κ3) is 5.05. The second-order valence-corrected chi connectivity index (χ2v) is 10.8. The topological polar surface area (TPSA) is 127 Å². The molecular weight excluding hydrogens is 490 g/mol. The van der Waals surface area contributed by atoms with Gasteiger partial charge in [-0.3, -0.25) is 14.4 Å². The number of aromatic nitrogens is 2. The number of nitrogens with one attached hydrogen (secondary N) is 3. The van der Waals surface area contributed by atoms with Crippen LogP contribution in [0.25, 0.3) is 10.9 Å². The molecule has 3 aromatic rings. The standard InChI is InChI=1S/C24H26ClN5O4S/c1-30-7-6-17-20(11-30)35-23(29-17)22(32)27-16-4-2-12(24(33)34)9-18(16)28-21(31)19-10-13-8-14(25)3-5-15(13)26-19/h3,5,8,10,12,16,18,26H,2,4,6-7,9,11H2,1H3,(H,27,32)(H,28,31)(H,33,34)/t12-,16+,18-/m1/s1. The van der Waals surface area contributed by atoms with Gasteiger partial charge in [0.25, 0.3) is 11.8 Å². The van der Waals surface area contributed by atoms with Gasteiger partial charge in [-0.15, -0.1) is 11.3 Å². The molecular formula is C24H26ClN5O4S. The van der Waals surface area contributed by atoms with E-state index < -0.39 is 24.0 Å². The average Bonchev–Trinajstić information content (AvgIpc) is 3.43. The third-order valence-electron chi connectivity index (χ3n) is 6.78. The second-order valence-electron chi connectivity index (χ2n) is 9.30. The van der Waals surface area contributed by atoms with Crippen LogP contribution in [0.3, 0.4) is 0 Å². The number of aliphatic carboxylic acids is 1. The number of H-pyrrole nitrogens is 1. The number of hydrogen-bond donors (Lipinski definition) is 4. The van der Waals surface area contributed by atoms with Crippen molar-refractivity contribution in [3.63, 3.8) is 0 Å². The largest absolute Gasteiger partial charge is 0.481 e. The normalized spacial score (nSPS) is 22.5. The maximum atomic E-state index is 13.1. The Hall–Kier alpha value is -2.95. The van der Waals surface area contributed by atoms with Crippen molar-refractivity contribution in [2.75, 3.05) is 13.6 Å². The predicted octanol–water partition coefficient (Wildman–Crippen LogP) is 3.05. The molecule has 3 heterocycles. The molecule has 0 saturated heterocycles. The van der Waals surface area contributed by atoms with Crippen molar-refractivity contribution in [1.29, 1.82) is 0 Å². The van der Waals surface area contributed by atoms with Gasteiger partial charge in [0.1, 0.15) is 5.69 Å². The highest BCUT2D eigenvalue weighted by Crippen LogP contribution is 2.28. The number of benzene rings is 1. The van der Waals surface area contributed by atoms with Gasteiger partial charge < -0.3 is 25.6 Å². The molecule has 11 heteroatoms. The lowest BCUT2D eigenvalue weighted by atomic mass is 9.82. The van der Waals surface area contributed by atoms with Crippen LogP contribution in [0, 0.1) is 5.92 Å². The molecule has 1 fully saturated rings. The first-order valence-electron chi connectivity index (χ1n) is 11.6. The van der Waals surface area contributed by atoms with Crippen LogP contribution in [0.1, 0.15) is 50.1 Å². The molecule has 5 rings (SSSR count). The van der Waals surface area contributed by atoms with E-state index in [1.54, 1.807) is 24.3 Å². The zero-order chi connectivity index (χ0) is 24.7. The van der Waals surface area contributed by atoms with E-state index in [0.29, 0.717) is 28.6 Å². The summed E-state index contributed by atoms with van der Waals surface area (Å²) in [4.78, 5) is 48.7. The summed E-state index contributed by atoms with van der Waals surface area (Å²) in [5.41, 5.74) is 2.09. The Morgan fingerprint density at radius 2 is 1.97 bits per heavy atom. The molecule has 1 aliphatic carbocycles. The van der Waals surface area contributed by atoms with Gasteiger partial charge in [0.15, 0.2) is 5.01 Å². The Bertz CT molecular complexity index is 1300. The van der Waals surface area contributed by atoms with E-state index in [1.807, 2.05) is 7.05 Å². The highest BCUT2D eigenvalue weighted by molar-refractivity contribution is 7.13. The number of thiazole rings is 1. The van der Waals surface area contributed by atoms with E-state index in [4.69, 9.17) is 11.6 Å². The molecule has 2 amide bonds. The van der Waals surface area contributed by atoms with E-state index in [1.165, 1.54) is 11.3 Å². The summed E-state index contributed by atoms with van der Waals surface area (Å²) in [5.74, 6) is -2.13. The number of nitrogens with zero attached hydrogens (tertiary/aromatic N) is 2. The van der Waals surface area contributed by atoms with Gasteiger partial charge in [0.2, 0.25) is 0 Å². The molecule has 1 aliphatic heterocycles. The molecule has 35 heavy (non-hydrogen) atoms. The van der Waals surface area contributed by atoms with E-state index in [0.717, 1.165) is 41.0 Å². The maximum absolute atomic E-state index is 13.1. The average molecular weight is 516 g/mol. The lowest BCUT2D eigenvalue weighted by Crippen LogP contribution is -2.55. The SMILES string of the molecule is CN1CCc2nc(C(=O)N[C@H]3CC[C@@H](C(=O)O)C[C@H]3NC(=O)c3cc4cc(Cl)ccc4[nH]3)sc2C1. The quantitative estimate of drug-likeness (QED) is 0.413. The second kappa shape index (κ2) is 9.60. The minimum atomic E-state index is -0.897. The number of fused-ring (bicyclic) bond motifs is 2. The van der Waals surface area contributed by atoms with Gasteiger partial charge in [-0.1, -0.05) is 11.6 Å². The zero-order valence-corrected chi connectivity index (χ0v) is 20.7. The lowest BCUT2D eigenvalue weighted by molar-refractivity contribution is -0.143. The van der Waals surface area contributed by atoms with Crippen LogP contribution in [0.5, 0.6) is 0 Å². The van der Waals surface area contributed by atoms with Crippen molar-refractivity contribution in [2.24, 2.45) is 5.92 Å². The van der Waals surface area contributed by atoms with Crippen LogP contribution >= 0.6 is 22.9 Å². The number of carbonyl (C=O) groups is 3. The van der Waals surface area contributed by atoms with Crippen LogP contribution in [0.2, 0.25) is 5.02 Å². The van der Waals surface area contributed by atoms with E-state index in [9.17, 15) is 19.5 Å². The molecule has 0 bridgehead atoms. The van der Waals surface area contributed by atoms with E-state index in [2.05, 4.69) is 25.5 Å². The molecule has 2 aliphatic rings. The number of carbonyl (C=O) groups excluding carboxylic acids is 2. The number of halogens is 1. The zero-order valence-electron chi connectivity index (χ0n) is 19.1. The molecule has 0 radical (unpaired) electrons. The van der Waals surface area contributed by atoms with E-state index in [-0.39, 0.29) is 18.2 Å². The first-order valence-corrected chi connectivity index (χ1v) is 12.8. The highest BCUT2D eigenvalue weighted by atomic mass is 35.5. The molecule has 1 saturated carbocycles. The smallest absolute Gasteiger partial charge is 0.306 e. The molecule has 3 atom stereocenters. The molecule has 9 nitrogen and oxygen atoms in total. The van der Waals surface area contributed by atoms with Crippen LogP contribution in [-0.4, -0.2) is 63.4 Å². The van der Waals surface area contributed by atoms with Crippen molar-refractivity contribution in [2.45, 2.75) is 44.3 Å². The van der Waals surface area contributed by atoms with Crippen molar-refractivity contribution in [1.82, 2.24) is 25.5 Å². The Morgan fingerprint density at radius 1 is 1.17 bits per heavy atom. The highest BCUT2D eigenvalue weighted by Gasteiger charge is 2.36. The maximum Gasteiger partial charge on any atom is 0.306 e. The molecule has 184 valence electrons. The Morgan fingerprint density at radius 3 is 2.77 bits per heavy atom. The minimum Gasteiger partial charge on any atom is -0.481 e. The molecule has 2 aromatic heterocycles. The monoisotopic (exact) mass is 515 g/mol. The van der Waals surface area contributed by atoms with Gasteiger partial charge in [0.05, 0.1) is 17.7 Å². The Kier molecular flexibility index (Phi) is 6.52. The fraction of sp³-hybridized carbons (Fsp3) is 0.417. The number of carboxylic acids is 1. The molecule has 0 unspecified atom stereocenters. The molecule has 4 N–H and O–H groups in total. The fourth-order valence-electron chi connectivity index (χ4n) is 4.85. The Labute approximate surface area is 210 Å². The summed E-state index contributed by atoms with van der Waals surface area (Å²) in [6.07, 6.45) is 1.92. The van der Waals surface area contributed by atoms with Gasteiger partial charge >= 0.3 is 5.97 Å². The molecule has 1 aromatic carbocycles. The van der Waals surface area contributed by atoms with Crippen LogP contribution < -0.4 is 10.6 Å². The van der Waals surface area contributed by atoms with Gasteiger partial charge in [-0.25, -0.2) is 4.98 Å². The molecule has 0 spiro atoms. The first-order chi connectivity index (χ1) is 16.8. The van der Waals surface area contributed by atoms with Crippen molar-refractivity contribution in [3.05, 3.63) is 50.6 Å².